The van der Waals surface area contributed by atoms with Crippen molar-refractivity contribution >= 4 is 16.8 Å². The van der Waals surface area contributed by atoms with Crippen molar-refractivity contribution in [1.29, 1.82) is 0 Å². The SMILES string of the molecule is Cc1ccc2oc(C(=O)CC(N)C(C)(C)C)cc2c1. The Bertz CT molecular complexity index is 605. The van der Waals surface area contributed by atoms with Gasteiger partial charge in [-0.2, -0.15) is 0 Å². The maximum atomic E-state index is 12.2. The zero-order valence-corrected chi connectivity index (χ0v) is 12.0. The summed E-state index contributed by atoms with van der Waals surface area (Å²) in [5.41, 5.74) is 7.86. The number of ketones is 1. The molecule has 1 aromatic carbocycles. The Morgan fingerprint density at radius 1 is 1.32 bits per heavy atom. The van der Waals surface area contributed by atoms with Crippen LogP contribution >= 0.6 is 0 Å². The highest BCUT2D eigenvalue weighted by Crippen LogP contribution is 2.25. The highest BCUT2D eigenvalue weighted by Gasteiger charge is 2.25. The average Bonchev–Trinajstić information content (AvgIpc) is 2.70. The molecule has 0 fully saturated rings. The van der Waals surface area contributed by atoms with Gasteiger partial charge in [0.15, 0.2) is 11.5 Å². The highest BCUT2D eigenvalue weighted by atomic mass is 16.3. The monoisotopic (exact) mass is 259 g/mol. The summed E-state index contributed by atoms with van der Waals surface area (Å²) in [7, 11) is 0. The minimum absolute atomic E-state index is 0.0312. The number of fused-ring (bicyclic) bond motifs is 1. The molecule has 3 heteroatoms. The lowest BCUT2D eigenvalue weighted by Gasteiger charge is -2.25. The number of aryl methyl sites for hydroxylation is 1. The summed E-state index contributed by atoms with van der Waals surface area (Å²) in [5.74, 6) is 0.372. The topological polar surface area (TPSA) is 56.2 Å². The van der Waals surface area contributed by atoms with E-state index in [-0.39, 0.29) is 17.2 Å². The maximum Gasteiger partial charge on any atom is 0.199 e. The largest absolute Gasteiger partial charge is 0.453 e. The molecule has 2 aromatic rings. The molecule has 0 aliphatic heterocycles. The molecule has 0 radical (unpaired) electrons. The van der Waals surface area contributed by atoms with Crippen LogP contribution in [-0.4, -0.2) is 11.8 Å². The fourth-order valence-electron chi connectivity index (χ4n) is 1.91. The van der Waals surface area contributed by atoms with Crippen molar-refractivity contribution in [3.63, 3.8) is 0 Å². The molecule has 2 N–H and O–H groups in total. The number of nitrogens with two attached hydrogens (primary N) is 1. The Balaban J connectivity index is 2.22. The number of rotatable bonds is 3. The number of furan rings is 1. The fourth-order valence-corrected chi connectivity index (χ4v) is 1.91. The van der Waals surface area contributed by atoms with Gasteiger partial charge in [0.25, 0.3) is 0 Å². The van der Waals surface area contributed by atoms with Crippen molar-refractivity contribution in [2.75, 3.05) is 0 Å². The molecule has 0 saturated heterocycles. The van der Waals surface area contributed by atoms with Gasteiger partial charge in [-0.15, -0.1) is 0 Å². The Morgan fingerprint density at radius 3 is 2.63 bits per heavy atom. The normalized spacial score (nSPS) is 13.7. The summed E-state index contributed by atoms with van der Waals surface area (Å²) in [5, 5.41) is 0.965. The van der Waals surface area contributed by atoms with E-state index in [1.54, 1.807) is 6.07 Å². The number of hydrogen-bond acceptors (Lipinski definition) is 3. The van der Waals surface area contributed by atoms with Crippen LogP contribution in [0.2, 0.25) is 0 Å². The van der Waals surface area contributed by atoms with Crippen molar-refractivity contribution in [2.24, 2.45) is 11.1 Å². The number of benzene rings is 1. The third-order valence-electron chi connectivity index (χ3n) is 3.46. The molecule has 0 aliphatic carbocycles. The van der Waals surface area contributed by atoms with Crippen molar-refractivity contribution in [3.05, 3.63) is 35.6 Å². The van der Waals surface area contributed by atoms with Crippen LogP contribution in [0.1, 0.15) is 43.3 Å². The van der Waals surface area contributed by atoms with Crippen LogP contribution in [0.4, 0.5) is 0 Å². The summed E-state index contributed by atoms with van der Waals surface area (Å²) >= 11 is 0. The average molecular weight is 259 g/mol. The van der Waals surface area contributed by atoms with Crippen LogP contribution < -0.4 is 5.73 Å². The minimum atomic E-state index is -0.171. The first kappa shape index (κ1) is 13.8. The molecule has 0 saturated carbocycles. The van der Waals surface area contributed by atoms with E-state index in [4.69, 9.17) is 10.2 Å². The summed E-state index contributed by atoms with van der Waals surface area (Å²) < 4.78 is 5.59. The van der Waals surface area contributed by atoms with E-state index in [0.717, 1.165) is 16.5 Å². The molecule has 102 valence electrons. The predicted octanol–water partition coefficient (Wildman–Crippen LogP) is 3.69. The van der Waals surface area contributed by atoms with E-state index in [2.05, 4.69) is 0 Å². The summed E-state index contributed by atoms with van der Waals surface area (Å²) in [6.45, 7) is 8.12. The van der Waals surface area contributed by atoms with Gasteiger partial charge in [0, 0.05) is 17.8 Å². The second-order valence-corrected chi connectivity index (χ2v) is 6.25. The van der Waals surface area contributed by atoms with Gasteiger partial charge >= 0.3 is 0 Å². The van der Waals surface area contributed by atoms with Gasteiger partial charge in [-0.25, -0.2) is 0 Å². The third kappa shape index (κ3) is 3.04. The lowest BCUT2D eigenvalue weighted by molar-refractivity contribution is 0.0928. The first-order chi connectivity index (χ1) is 8.77. The van der Waals surface area contributed by atoms with Gasteiger partial charge in [0.05, 0.1) is 0 Å². The number of carbonyl (C=O) groups excluding carboxylic acids is 1. The Morgan fingerprint density at radius 2 is 2.00 bits per heavy atom. The van der Waals surface area contributed by atoms with Crippen molar-refractivity contribution in [2.45, 2.75) is 40.2 Å². The zero-order valence-electron chi connectivity index (χ0n) is 12.0. The third-order valence-corrected chi connectivity index (χ3v) is 3.46. The van der Waals surface area contributed by atoms with Crippen molar-refractivity contribution < 1.29 is 9.21 Å². The summed E-state index contributed by atoms with van der Waals surface area (Å²) in [4.78, 5) is 12.2. The van der Waals surface area contributed by atoms with Gasteiger partial charge in [-0.05, 0) is 30.5 Å². The van der Waals surface area contributed by atoms with Crippen LogP contribution in [-0.2, 0) is 0 Å². The lowest BCUT2D eigenvalue weighted by Crippen LogP contribution is -2.36. The summed E-state index contributed by atoms with van der Waals surface area (Å²) in [6.07, 6.45) is 0.308. The standard InChI is InChI=1S/C16H21NO2/c1-10-5-6-13-11(7-10)8-14(19-13)12(18)9-15(17)16(2,3)4/h5-8,15H,9,17H2,1-4H3. The molecule has 1 unspecified atom stereocenters. The second-order valence-electron chi connectivity index (χ2n) is 6.25. The Kier molecular flexibility index (Phi) is 3.50. The number of hydrogen-bond donors (Lipinski definition) is 1. The van der Waals surface area contributed by atoms with Crippen LogP contribution in [0, 0.1) is 12.3 Å². The van der Waals surface area contributed by atoms with E-state index in [0.29, 0.717) is 12.2 Å². The van der Waals surface area contributed by atoms with Crippen molar-refractivity contribution in [3.8, 4) is 0 Å². The quantitative estimate of drug-likeness (QED) is 0.855. The number of Topliss-reactive ketones (excluding diaryl/α,β-unsaturated/α-hetero) is 1. The van der Waals surface area contributed by atoms with Crippen LogP contribution in [0.3, 0.4) is 0 Å². The van der Waals surface area contributed by atoms with Gasteiger partial charge in [0.1, 0.15) is 5.58 Å². The van der Waals surface area contributed by atoms with Crippen molar-refractivity contribution in [1.82, 2.24) is 0 Å². The molecular formula is C16H21NO2. The molecule has 0 spiro atoms. The van der Waals surface area contributed by atoms with E-state index < -0.39 is 0 Å². The number of carbonyl (C=O) groups is 1. The molecule has 2 rings (SSSR count). The molecule has 3 nitrogen and oxygen atoms in total. The molecule has 0 amide bonds. The van der Waals surface area contributed by atoms with Gasteiger partial charge in [-0.3, -0.25) is 4.79 Å². The molecule has 0 aliphatic rings. The van der Waals surface area contributed by atoms with Crippen LogP contribution in [0.5, 0.6) is 0 Å². The fraction of sp³-hybridized carbons (Fsp3) is 0.438. The second kappa shape index (κ2) is 4.82. The first-order valence-corrected chi connectivity index (χ1v) is 6.56. The van der Waals surface area contributed by atoms with Crippen LogP contribution in [0.25, 0.3) is 11.0 Å². The van der Waals surface area contributed by atoms with E-state index in [9.17, 15) is 4.79 Å². The molecule has 1 atom stereocenters. The maximum absolute atomic E-state index is 12.2. The van der Waals surface area contributed by atoms with Crippen LogP contribution in [0.15, 0.2) is 28.7 Å². The molecule has 19 heavy (non-hydrogen) atoms. The minimum Gasteiger partial charge on any atom is -0.453 e. The van der Waals surface area contributed by atoms with Gasteiger partial charge < -0.3 is 10.2 Å². The Hall–Kier alpha value is -1.61. The Labute approximate surface area is 113 Å². The highest BCUT2D eigenvalue weighted by molar-refractivity contribution is 5.98. The lowest BCUT2D eigenvalue weighted by atomic mass is 9.84. The molecule has 1 aromatic heterocycles. The van der Waals surface area contributed by atoms with Gasteiger partial charge in [-0.1, -0.05) is 32.4 Å². The predicted molar refractivity (Wildman–Crippen MR) is 77.3 cm³/mol. The first-order valence-electron chi connectivity index (χ1n) is 6.56. The van der Waals surface area contributed by atoms with E-state index in [1.807, 2.05) is 45.9 Å². The van der Waals surface area contributed by atoms with Gasteiger partial charge in [0.2, 0.25) is 0 Å². The molecule has 0 bridgehead atoms. The molecular weight excluding hydrogens is 238 g/mol. The summed E-state index contributed by atoms with van der Waals surface area (Å²) in [6, 6.07) is 7.51. The van der Waals surface area contributed by atoms with E-state index in [1.165, 1.54) is 0 Å². The zero-order chi connectivity index (χ0) is 14.2. The van der Waals surface area contributed by atoms with E-state index >= 15 is 0 Å². The molecule has 1 heterocycles. The smallest absolute Gasteiger partial charge is 0.199 e.